The molecule has 4 aromatic carbocycles. The van der Waals surface area contributed by atoms with Gasteiger partial charge in [-0.05, 0) is 35.4 Å². The second-order valence-electron chi connectivity index (χ2n) is 8.75. The SMILES string of the molecule is O=S1(=O)N=C(c2nc(Cc3ccc(F)cc3)c3ccccc3c2O)c2cccc(-c3cccc(O)c3)c21. The normalized spacial score (nSPS) is 13.9. The number of hydrogen-bond donors (Lipinski definition) is 2. The van der Waals surface area contributed by atoms with E-state index in [2.05, 4.69) is 4.40 Å². The fraction of sp³-hybridized carbons (Fsp3) is 0.0345. The Bertz CT molecular complexity index is 1850. The Morgan fingerprint density at radius 2 is 1.49 bits per heavy atom. The summed E-state index contributed by atoms with van der Waals surface area (Å²) in [5, 5.41) is 22.4. The first-order valence-corrected chi connectivity index (χ1v) is 12.9. The lowest BCUT2D eigenvalue weighted by Crippen LogP contribution is -2.08. The van der Waals surface area contributed by atoms with Crippen molar-refractivity contribution in [1.29, 1.82) is 0 Å². The molecule has 0 saturated heterocycles. The van der Waals surface area contributed by atoms with Crippen molar-refractivity contribution in [2.45, 2.75) is 11.3 Å². The lowest BCUT2D eigenvalue weighted by molar-refractivity contribution is 0.475. The molecule has 8 heteroatoms. The second-order valence-corrected chi connectivity index (χ2v) is 10.3. The molecule has 2 heterocycles. The van der Waals surface area contributed by atoms with Crippen LogP contribution in [-0.4, -0.2) is 29.3 Å². The van der Waals surface area contributed by atoms with Gasteiger partial charge in [-0.2, -0.15) is 12.8 Å². The monoisotopic (exact) mass is 510 g/mol. The Hall–Kier alpha value is -4.56. The molecule has 0 aliphatic carbocycles. The van der Waals surface area contributed by atoms with Gasteiger partial charge in [-0.15, -0.1) is 0 Å². The van der Waals surface area contributed by atoms with Crippen molar-refractivity contribution in [3.05, 3.63) is 119 Å². The lowest BCUT2D eigenvalue weighted by atomic mass is 9.96. The van der Waals surface area contributed by atoms with E-state index in [0.29, 0.717) is 39.6 Å². The second kappa shape index (κ2) is 8.53. The summed E-state index contributed by atoms with van der Waals surface area (Å²) in [7, 11) is -4.13. The van der Waals surface area contributed by atoms with Gasteiger partial charge in [-0.1, -0.05) is 66.7 Å². The Morgan fingerprint density at radius 1 is 0.784 bits per heavy atom. The highest BCUT2D eigenvalue weighted by Gasteiger charge is 2.35. The number of rotatable bonds is 4. The van der Waals surface area contributed by atoms with E-state index in [1.165, 1.54) is 24.3 Å². The molecule has 0 unspecified atom stereocenters. The standard InChI is InChI=1S/C29H19FN2O4S/c30-19-13-11-17(12-14-19)15-25-22-7-1-2-8-23(22)28(34)27(31-25)26-24-10-4-9-21(29(24)37(35,36)32-26)18-5-3-6-20(33)16-18/h1-14,16,33-34H,15H2. The van der Waals surface area contributed by atoms with Crippen LogP contribution in [0.15, 0.2) is 100 Å². The summed E-state index contributed by atoms with van der Waals surface area (Å²) >= 11 is 0. The van der Waals surface area contributed by atoms with E-state index in [9.17, 15) is 23.0 Å². The molecule has 2 N–H and O–H groups in total. The summed E-state index contributed by atoms with van der Waals surface area (Å²) < 4.78 is 44.1. The summed E-state index contributed by atoms with van der Waals surface area (Å²) in [6.07, 6.45) is 0.338. The highest BCUT2D eigenvalue weighted by atomic mass is 32.2. The summed E-state index contributed by atoms with van der Waals surface area (Å²) in [6.45, 7) is 0. The zero-order chi connectivity index (χ0) is 25.7. The van der Waals surface area contributed by atoms with E-state index in [1.807, 2.05) is 12.1 Å². The molecule has 0 radical (unpaired) electrons. The molecule has 0 saturated carbocycles. The van der Waals surface area contributed by atoms with Gasteiger partial charge >= 0.3 is 0 Å². The number of pyridine rings is 1. The zero-order valence-corrected chi connectivity index (χ0v) is 20.1. The molecule has 0 bridgehead atoms. The number of phenolic OH excluding ortho intramolecular Hbond substituents is 1. The first-order chi connectivity index (χ1) is 17.8. The Kier molecular flexibility index (Phi) is 5.27. The van der Waals surface area contributed by atoms with Crippen molar-refractivity contribution in [2.75, 3.05) is 0 Å². The van der Waals surface area contributed by atoms with Gasteiger partial charge in [0.05, 0.1) is 5.69 Å². The highest BCUT2D eigenvalue weighted by molar-refractivity contribution is 7.91. The maximum atomic E-state index is 13.5. The third-order valence-electron chi connectivity index (χ3n) is 6.37. The van der Waals surface area contributed by atoms with Crippen molar-refractivity contribution in [3.8, 4) is 22.6 Å². The lowest BCUT2D eigenvalue weighted by Gasteiger charge is -2.13. The molecular formula is C29H19FN2O4S. The van der Waals surface area contributed by atoms with Crippen LogP contribution in [0.1, 0.15) is 22.5 Å². The molecule has 5 aromatic rings. The van der Waals surface area contributed by atoms with Crippen LogP contribution in [0.4, 0.5) is 4.39 Å². The predicted octanol–water partition coefficient (Wildman–Crippen LogP) is 5.58. The largest absolute Gasteiger partial charge is 0.508 e. The smallest absolute Gasteiger partial charge is 0.284 e. The summed E-state index contributed by atoms with van der Waals surface area (Å²) in [4.78, 5) is 4.69. The number of hydrogen-bond acceptors (Lipinski definition) is 5. The first kappa shape index (κ1) is 22.9. The number of halogens is 1. The van der Waals surface area contributed by atoms with Crippen LogP contribution in [0, 0.1) is 5.82 Å². The van der Waals surface area contributed by atoms with Gasteiger partial charge in [0.1, 0.15) is 27.9 Å². The summed E-state index contributed by atoms with van der Waals surface area (Å²) in [5.74, 6) is -0.522. The third kappa shape index (κ3) is 3.91. The van der Waals surface area contributed by atoms with Crippen molar-refractivity contribution < 1.29 is 23.0 Å². The number of nitrogens with zero attached hydrogens (tertiary/aromatic N) is 2. The molecule has 0 atom stereocenters. The van der Waals surface area contributed by atoms with Gasteiger partial charge in [0.15, 0.2) is 5.75 Å². The van der Waals surface area contributed by atoms with Crippen molar-refractivity contribution in [3.63, 3.8) is 0 Å². The van der Waals surface area contributed by atoms with Gasteiger partial charge in [-0.3, -0.25) is 0 Å². The summed E-state index contributed by atoms with van der Waals surface area (Å²) in [6, 6.07) is 24.5. The van der Waals surface area contributed by atoms with Crippen molar-refractivity contribution in [2.24, 2.45) is 4.40 Å². The third-order valence-corrected chi connectivity index (χ3v) is 7.75. The van der Waals surface area contributed by atoms with Crippen molar-refractivity contribution in [1.82, 2.24) is 4.98 Å². The van der Waals surface area contributed by atoms with Gasteiger partial charge in [0, 0.05) is 28.3 Å². The number of fused-ring (bicyclic) bond motifs is 2. The first-order valence-electron chi connectivity index (χ1n) is 11.4. The molecule has 1 aliphatic heterocycles. The van der Waals surface area contributed by atoms with Crippen molar-refractivity contribution >= 4 is 26.5 Å². The number of aromatic hydroxyl groups is 2. The highest BCUT2D eigenvalue weighted by Crippen LogP contribution is 2.40. The minimum atomic E-state index is -4.13. The average Bonchev–Trinajstić information content (AvgIpc) is 3.17. The molecule has 0 fully saturated rings. The van der Waals surface area contributed by atoms with E-state index in [0.717, 1.165) is 5.56 Å². The molecule has 0 spiro atoms. The number of phenols is 1. The quantitative estimate of drug-likeness (QED) is 0.329. The van der Waals surface area contributed by atoms with E-state index >= 15 is 0 Å². The minimum absolute atomic E-state index is 0.00548. The maximum Gasteiger partial charge on any atom is 0.284 e. The van der Waals surface area contributed by atoms with E-state index in [4.69, 9.17) is 4.98 Å². The predicted molar refractivity (Wildman–Crippen MR) is 139 cm³/mol. The topological polar surface area (TPSA) is 99.9 Å². The number of benzene rings is 4. The summed E-state index contributed by atoms with van der Waals surface area (Å²) in [5.41, 5.74) is 2.71. The molecule has 182 valence electrons. The molecule has 1 aromatic heterocycles. The van der Waals surface area contributed by atoms with Gasteiger partial charge in [0.25, 0.3) is 10.0 Å². The molecule has 6 nitrogen and oxygen atoms in total. The van der Waals surface area contributed by atoms with Gasteiger partial charge < -0.3 is 10.2 Å². The molecule has 0 amide bonds. The van der Waals surface area contributed by atoms with Crippen LogP contribution in [0.3, 0.4) is 0 Å². The van der Waals surface area contributed by atoms with Crippen LogP contribution in [-0.2, 0) is 16.4 Å². The molecule has 37 heavy (non-hydrogen) atoms. The fourth-order valence-corrected chi connectivity index (χ4v) is 6.12. The van der Waals surface area contributed by atoms with Crippen LogP contribution in [0.2, 0.25) is 0 Å². The van der Waals surface area contributed by atoms with Gasteiger partial charge in [-0.25, -0.2) is 9.37 Å². The van der Waals surface area contributed by atoms with E-state index < -0.39 is 10.0 Å². The maximum absolute atomic E-state index is 13.5. The Morgan fingerprint density at radius 3 is 2.24 bits per heavy atom. The fourth-order valence-electron chi connectivity index (χ4n) is 4.70. The van der Waals surface area contributed by atoms with Crippen LogP contribution >= 0.6 is 0 Å². The molecule has 6 rings (SSSR count). The van der Waals surface area contributed by atoms with E-state index in [-0.39, 0.29) is 33.6 Å². The minimum Gasteiger partial charge on any atom is -0.508 e. The average molecular weight is 511 g/mol. The van der Waals surface area contributed by atoms with Gasteiger partial charge in [0.2, 0.25) is 0 Å². The number of sulfonamides is 1. The van der Waals surface area contributed by atoms with Crippen LogP contribution in [0.25, 0.3) is 21.9 Å². The molecular weight excluding hydrogens is 491 g/mol. The Labute approximate surface area is 212 Å². The number of aromatic nitrogens is 1. The molecule has 1 aliphatic rings. The Balaban J connectivity index is 1.56. The van der Waals surface area contributed by atoms with E-state index in [1.54, 1.807) is 54.6 Å². The van der Waals surface area contributed by atoms with Crippen LogP contribution < -0.4 is 0 Å². The van der Waals surface area contributed by atoms with Crippen LogP contribution in [0.5, 0.6) is 11.5 Å². The zero-order valence-electron chi connectivity index (χ0n) is 19.3.